The molecule has 2 aromatic rings. The molecule has 102 valence electrons. The van der Waals surface area contributed by atoms with Crippen LogP contribution in [-0.2, 0) is 0 Å². The van der Waals surface area contributed by atoms with Crippen molar-refractivity contribution in [2.75, 3.05) is 0 Å². The molecular formula is C18H15N3. The molecule has 0 aliphatic heterocycles. The topological polar surface area (TPSA) is 49.6 Å². The van der Waals surface area contributed by atoms with Gasteiger partial charge in [-0.3, -0.25) is 0 Å². The lowest BCUT2D eigenvalue weighted by Crippen LogP contribution is -1.88. The molecule has 0 spiro atoms. The average Bonchev–Trinajstić information content (AvgIpc) is 2.55. The molecule has 0 fully saturated rings. The molecule has 21 heavy (non-hydrogen) atoms. The van der Waals surface area contributed by atoms with E-state index in [1.807, 2.05) is 30.3 Å². The first-order chi connectivity index (χ1) is 10.3. The maximum Gasteiger partial charge on any atom is 0.232 e. The zero-order chi connectivity index (χ0) is 14.9. The fourth-order valence-corrected chi connectivity index (χ4v) is 1.66. The van der Waals surface area contributed by atoms with E-state index in [1.165, 1.54) is 5.56 Å². The van der Waals surface area contributed by atoms with Crippen LogP contribution < -0.4 is 0 Å². The monoisotopic (exact) mass is 273 g/mol. The molecule has 0 N–H and O–H groups in total. The molecule has 3 heteroatoms. The molecule has 1 aromatic heterocycles. The van der Waals surface area contributed by atoms with Crippen LogP contribution in [0, 0.1) is 23.2 Å². The van der Waals surface area contributed by atoms with Crippen LogP contribution in [0.2, 0.25) is 0 Å². The minimum atomic E-state index is 0.156. The van der Waals surface area contributed by atoms with E-state index in [-0.39, 0.29) is 5.82 Å². The second-order valence-corrected chi connectivity index (χ2v) is 4.47. The summed E-state index contributed by atoms with van der Waals surface area (Å²) in [4.78, 5) is 7.76. The predicted molar refractivity (Wildman–Crippen MR) is 83.1 cm³/mol. The Labute approximate surface area is 125 Å². The van der Waals surface area contributed by atoms with Crippen LogP contribution in [-0.4, -0.2) is 9.97 Å². The Hall–Kier alpha value is -2.91. The molecule has 0 aliphatic rings. The molecule has 0 saturated heterocycles. The maximum atomic E-state index is 8.62. The van der Waals surface area contributed by atoms with Crippen LogP contribution in [0.25, 0.3) is 6.08 Å². The highest BCUT2D eigenvalue weighted by Gasteiger charge is 1.93. The Kier molecular flexibility index (Phi) is 5.26. The third-order valence-corrected chi connectivity index (χ3v) is 2.78. The lowest BCUT2D eigenvalue weighted by Gasteiger charge is -1.94. The molecular weight excluding hydrogens is 258 g/mol. The van der Waals surface area contributed by atoms with Gasteiger partial charge in [0, 0.05) is 18.0 Å². The Morgan fingerprint density at radius 1 is 1.05 bits per heavy atom. The van der Waals surface area contributed by atoms with Crippen LogP contribution in [0.5, 0.6) is 0 Å². The number of benzene rings is 1. The van der Waals surface area contributed by atoms with Crippen LogP contribution >= 0.6 is 0 Å². The van der Waals surface area contributed by atoms with Gasteiger partial charge >= 0.3 is 0 Å². The van der Waals surface area contributed by atoms with Gasteiger partial charge < -0.3 is 0 Å². The molecule has 0 aliphatic carbocycles. The minimum absolute atomic E-state index is 0.156. The van der Waals surface area contributed by atoms with E-state index in [0.29, 0.717) is 5.56 Å². The summed E-state index contributed by atoms with van der Waals surface area (Å²) in [7, 11) is 0. The van der Waals surface area contributed by atoms with Gasteiger partial charge in [-0.1, -0.05) is 49.5 Å². The van der Waals surface area contributed by atoms with Crippen molar-refractivity contribution >= 4 is 6.08 Å². The quantitative estimate of drug-likeness (QED) is 0.803. The Morgan fingerprint density at radius 2 is 1.71 bits per heavy atom. The highest BCUT2D eigenvalue weighted by molar-refractivity contribution is 5.52. The number of hydrogen-bond donors (Lipinski definition) is 0. The number of unbranched alkanes of at least 4 members (excludes halogenated alkanes) is 1. The van der Waals surface area contributed by atoms with Crippen LogP contribution in [0.4, 0.5) is 0 Å². The molecule has 0 bridgehead atoms. The number of nitrogens with zero attached hydrogens (tertiary/aromatic N) is 3. The molecule has 2 rings (SSSR count). The third kappa shape index (κ3) is 4.60. The van der Waals surface area contributed by atoms with E-state index in [2.05, 4.69) is 40.9 Å². The summed E-state index contributed by atoms with van der Waals surface area (Å²) in [5.41, 5.74) is 2.81. The van der Waals surface area contributed by atoms with Crippen molar-refractivity contribution < 1.29 is 0 Å². The van der Waals surface area contributed by atoms with Crippen molar-refractivity contribution in [2.45, 2.75) is 19.8 Å². The number of allylic oxidation sites excluding steroid dienone is 1. The number of nitriles is 1. The Bertz CT molecular complexity index is 708. The second-order valence-electron chi connectivity index (χ2n) is 4.47. The van der Waals surface area contributed by atoms with Crippen molar-refractivity contribution in [1.29, 1.82) is 5.26 Å². The SMILES string of the molecule is CCCC=Cc1ccc(C#Cc2cnc(C#N)nc2)cc1. The van der Waals surface area contributed by atoms with Crippen molar-refractivity contribution in [3.8, 4) is 17.9 Å². The summed E-state index contributed by atoms with van der Waals surface area (Å²) >= 11 is 0. The third-order valence-electron chi connectivity index (χ3n) is 2.78. The zero-order valence-electron chi connectivity index (χ0n) is 11.9. The molecule has 0 radical (unpaired) electrons. The van der Waals surface area contributed by atoms with Crippen molar-refractivity contribution in [2.24, 2.45) is 0 Å². The largest absolute Gasteiger partial charge is 0.232 e. The summed E-state index contributed by atoms with van der Waals surface area (Å²) < 4.78 is 0. The van der Waals surface area contributed by atoms with E-state index >= 15 is 0 Å². The number of rotatable bonds is 3. The number of aromatic nitrogens is 2. The van der Waals surface area contributed by atoms with Gasteiger partial charge in [0.05, 0.1) is 5.56 Å². The van der Waals surface area contributed by atoms with Gasteiger partial charge in [0.2, 0.25) is 5.82 Å². The van der Waals surface area contributed by atoms with Crippen molar-refractivity contribution in [3.63, 3.8) is 0 Å². The van der Waals surface area contributed by atoms with Gasteiger partial charge in [0.1, 0.15) is 6.07 Å². The predicted octanol–water partition coefficient (Wildman–Crippen LogP) is 3.56. The summed E-state index contributed by atoms with van der Waals surface area (Å²) in [6, 6.07) is 9.95. The molecule has 0 saturated carbocycles. The van der Waals surface area contributed by atoms with Gasteiger partial charge in [-0.15, -0.1) is 0 Å². The van der Waals surface area contributed by atoms with E-state index < -0.39 is 0 Å². The van der Waals surface area contributed by atoms with Gasteiger partial charge in [-0.2, -0.15) is 5.26 Å². The summed E-state index contributed by atoms with van der Waals surface area (Å²) in [5, 5.41) is 8.62. The molecule has 1 aromatic carbocycles. The minimum Gasteiger partial charge on any atom is -0.226 e. The Morgan fingerprint density at radius 3 is 2.33 bits per heavy atom. The first kappa shape index (κ1) is 14.5. The summed E-state index contributed by atoms with van der Waals surface area (Å²) in [6.07, 6.45) is 9.66. The summed E-state index contributed by atoms with van der Waals surface area (Å²) in [5.74, 6) is 6.19. The first-order valence-electron chi connectivity index (χ1n) is 6.82. The molecule has 3 nitrogen and oxygen atoms in total. The molecule has 1 heterocycles. The van der Waals surface area contributed by atoms with E-state index in [0.717, 1.165) is 18.4 Å². The van der Waals surface area contributed by atoms with E-state index in [4.69, 9.17) is 5.26 Å². The molecule has 0 amide bonds. The highest BCUT2D eigenvalue weighted by atomic mass is 14.9. The fourth-order valence-electron chi connectivity index (χ4n) is 1.66. The van der Waals surface area contributed by atoms with Crippen LogP contribution in [0.3, 0.4) is 0 Å². The highest BCUT2D eigenvalue weighted by Crippen LogP contribution is 2.06. The molecule has 0 unspecified atom stereocenters. The Balaban J connectivity index is 2.06. The van der Waals surface area contributed by atoms with E-state index in [9.17, 15) is 0 Å². The van der Waals surface area contributed by atoms with Crippen LogP contribution in [0.15, 0.2) is 42.7 Å². The standard InChI is InChI=1S/C18H15N3/c1-2-3-4-5-15-6-8-16(9-7-15)10-11-17-13-20-18(12-19)21-14-17/h4-9,13-14H,2-3H2,1H3. The lowest BCUT2D eigenvalue weighted by atomic mass is 10.1. The van der Waals surface area contributed by atoms with Gasteiger partial charge in [-0.25, -0.2) is 9.97 Å². The number of hydrogen-bond acceptors (Lipinski definition) is 3. The van der Waals surface area contributed by atoms with Crippen LogP contribution in [0.1, 0.15) is 42.3 Å². The van der Waals surface area contributed by atoms with Gasteiger partial charge in [-0.05, 0) is 24.1 Å². The fraction of sp³-hybridized carbons (Fsp3) is 0.167. The lowest BCUT2D eigenvalue weighted by molar-refractivity contribution is 0.962. The van der Waals surface area contributed by atoms with Gasteiger partial charge in [0.25, 0.3) is 0 Å². The average molecular weight is 273 g/mol. The maximum absolute atomic E-state index is 8.62. The zero-order valence-corrected chi connectivity index (χ0v) is 11.9. The first-order valence-corrected chi connectivity index (χ1v) is 6.82. The molecule has 0 atom stereocenters. The summed E-state index contributed by atoms with van der Waals surface area (Å²) in [6.45, 7) is 2.16. The van der Waals surface area contributed by atoms with Crippen molar-refractivity contribution in [1.82, 2.24) is 9.97 Å². The second kappa shape index (κ2) is 7.62. The van der Waals surface area contributed by atoms with Gasteiger partial charge in [0.15, 0.2) is 0 Å². The normalized spacial score (nSPS) is 9.90. The van der Waals surface area contributed by atoms with Crippen molar-refractivity contribution in [3.05, 3.63) is 65.2 Å². The van der Waals surface area contributed by atoms with E-state index in [1.54, 1.807) is 12.4 Å². The smallest absolute Gasteiger partial charge is 0.226 e.